The van der Waals surface area contributed by atoms with Crippen molar-refractivity contribution in [2.24, 2.45) is 0 Å². The van der Waals surface area contributed by atoms with Crippen molar-refractivity contribution in [3.05, 3.63) is 35.6 Å². The smallest absolute Gasteiger partial charge is 0.372 e. The van der Waals surface area contributed by atoms with Gasteiger partial charge in [-0.3, -0.25) is 0 Å². The number of hydrogen-bond donors (Lipinski definition) is 1. The lowest BCUT2D eigenvalue weighted by atomic mass is 10.0. The normalized spacial score (nSPS) is 18.7. The summed E-state index contributed by atoms with van der Waals surface area (Å²) >= 11 is 0. The first-order valence-electron chi connectivity index (χ1n) is 8.14. The van der Waals surface area contributed by atoms with Gasteiger partial charge in [0.1, 0.15) is 5.58 Å². The largest absolute Gasteiger partial charge is 0.475 e. The van der Waals surface area contributed by atoms with Gasteiger partial charge in [0.2, 0.25) is 5.76 Å². The Morgan fingerprint density at radius 2 is 2.13 bits per heavy atom. The van der Waals surface area contributed by atoms with Gasteiger partial charge in [0, 0.05) is 17.0 Å². The molecule has 0 aliphatic carbocycles. The number of fused-ring (bicyclic) bond motifs is 1. The zero-order valence-corrected chi connectivity index (χ0v) is 14.3. The molecule has 1 aromatic heterocycles. The topological polar surface area (TPSA) is 53.7 Å². The number of carbonyl (C=O) groups is 1. The minimum Gasteiger partial charge on any atom is -0.475 e. The molecule has 0 bridgehead atoms. The lowest BCUT2D eigenvalue weighted by Crippen LogP contribution is -2.38. The summed E-state index contributed by atoms with van der Waals surface area (Å²) < 4.78 is 5.51. The average Bonchev–Trinajstić information content (AvgIpc) is 2.88. The fraction of sp³-hybridized carbons (Fsp3) is 0.500. The standard InChI is InChI=1S/C18H23NO3.ClH/c1-13-7-4-5-11-19(13)12-6-9-15-14-8-2-3-10-16(14)22-17(15)18(20)21;/h2-3,8,10,13H,4-7,9,11-12H2,1H3,(H,20,21);1H. The van der Waals surface area contributed by atoms with Gasteiger partial charge >= 0.3 is 5.97 Å². The number of halogens is 1. The molecule has 0 spiro atoms. The zero-order valence-electron chi connectivity index (χ0n) is 13.5. The van der Waals surface area contributed by atoms with Crippen LogP contribution >= 0.6 is 12.4 Å². The maximum Gasteiger partial charge on any atom is 0.372 e. The van der Waals surface area contributed by atoms with E-state index in [-0.39, 0.29) is 18.2 Å². The Hall–Kier alpha value is -1.52. The van der Waals surface area contributed by atoms with E-state index >= 15 is 0 Å². The molecular formula is C18H24ClNO3. The quantitative estimate of drug-likeness (QED) is 0.880. The summed E-state index contributed by atoms with van der Waals surface area (Å²) in [6, 6.07) is 8.23. The molecule has 1 N–H and O–H groups in total. The van der Waals surface area contributed by atoms with Gasteiger partial charge in [-0.1, -0.05) is 24.6 Å². The molecule has 1 aliphatic rings. The van der Waals surface area contributed by atoms with E-state index in [4.69, 9.17) is 4.42 Å². The minimum atomic E-state index is -0.974. The summed E-state index contributed by atoms with van der Waals surface area (Å²) in [7, 11) is 0. The van der Waals surface area contributed by atoms with E-state index in [0.29, 0.717) is 11.6 Å². The highest BCUT2D eigenvalue weighted by atomic mass is 35.5. The number of rotatable bonds is 5. The van der Waals surface area contributed by atoms with Crippen LogP contribution in [0.4, 0.5) is 0 Å². The molecule has 0 amide bonds. The van der Waals surface area contributed by atoms with Crippen LogP contribution in [-0.4, -0.2) is 35.1 Å². The summed E-state index contributed by atoms with van der Waals surface area (Å²) in [6.45, 7) is 4.48. The maximum atomic E-state index is 11.4. The van der Waals surface area contributed by atoms with Crippen molar-refractivity contribution in [1.29, 1.82) is 0 Å². The van der Waals surface area contributed by atoms with Gasteiger partial charge in [-0.2, -0.15) is 0 Å². The highest BCUT2D eigenvalue weighted by molar-refractivity contribution is 5.95. The van der Waals surface area contributed by atoms with Crippen LogP contribution in [0.5, 0.6) is 0 Å². The molecule has 23 heavy (non-hydrogen) atoms. The van der Waals surface area contributed by atoms with E-state index in [0.717, 1.165) is 30.3 Å². The Morgan fingerprint density at radius 1 is 1.35 bits per heavy atom. The maximum absolute atomic E-state index is 11.4. The highest BCUT2D eigenvalue weighted by Crippen LogP contribution is 2.27. The summed E-state index contributed by atoms with van der Waals surface area (Å²) in [6.07, 6.45) is 5.59. The third kappa shape index (κ3) is 3.88. The van der Waals surface area contributed by atoms with Gasteiger partial charge in [-0.25, -0.2) is 4.79 Å². The van der Waals surface area contributed by atoms with Crippen LogP contribution in [0.3, 0.4) is 0 Å². The number of piperidine rings is 1. The lowest BCUT2D eigenvalue weighted by molar-refractivity contribution is 0.0663. The molecule has 2 heterocycles. The predicted octanol–water partition coefficient (Wildman–Crippen LogP) is 4.36. The van der Waals surface area contributed by atoms with Crippen molar-refractivity contribution < 1.29 is 14.3 Å². The van der Waals surface area contributed by atoms with E-state index in [1.54, 1.807) is 0 Å². The Kier molecular flexibility index (Phi) is 6.08. The van der Waals surface area contributed by atoms with E-state index in [2.05, 4.69) is 11.8 Å². The first kappa shape index (κ1) is 17.8. The molecule has 1 aliphatic heterocycles. The average molecular weight is 338 g/mol. The van der Waals surface area contributed by atoms with Crippen LogP contribution in [0.1, 0.15) is 48.7 Å². The van der Waals surface area contributed by atoms with Gasteiger partial charge in [-0.05, 0) is 51.8 Å². The SMILES string of the molecule is CC1CCCCN1CCCc1c(C(=O)O)oc2ccccc12.Cl. The number of aryl methyl sites for hydroxylation is 1. The number of para-hydroxylation sites is 1. The van der Waals surface area contributed by atoms with Crippen molar-refractivity contribution in [3.8, 4) is 0 Å². The highest BCUT2D eigenvalue weighted by Gasteiger charge is 2.21. The van der Waals surface area contributed by atoms with Gasteiger partial charge in [-0.15, -0.1) is 12.4 Å². The monoisotopic (exact) mass is 337 g/mol. The van der Waals surface area contributed by atoms with E-state index in [9.17, 15) is 9.90 Å². The third-order valence-electron chi connectivity index (χ3n) is 4.71. The Morgan fingerprint density at radius 3 is 2.87 bits per heavy atom. The number of likely N-dealkylation sites (tertiary alicyclic amines) is 1. The first-order chi connectivity index (χ1) is 10.7. The van der Waals surface area contributed by atoms with Crippen LogP contribution in [0.15, 0.2) is 28.7 Å². The Bertz CT molecular complexity index is 667. The number of carboxylic acid groups (broad SMARTS) is 1. The summed E-state index contributed by atoms with van der Waals surface area (Å²) in [4.78, 5) is 13.9. The Labute approximate surface area is 142 Å². The molecule has 1 aromatic carbocycles. The lowest BCUT2D eigenvalue weighted by Gasteiger charge is -2.33. The molecule has 2 aromatic rings. The van der Waals surface area contributed by atoms with Crippen LogP contribution in [-0.2, 0) is 6.42 Å². The Balaban J connectivity index is 0.00000192. The van der Waals surface area contributed by atoms with Crippen molar-refractivity contribution in [2.75, 3.05) is 13.1 Å². The number of carboxylic acids is 1. The summed E-state index contributed by atoms with van der Waals surface area (Å²) in [5.74, 6) is -0.870. The van der Waals surface area contributed by atoms with E-state index in [1.807, 2.05) is 24.3 Å². The van der Waals surface area contributed by atoms with Gasteiger partial charge < -0.3 is 14.4 Å². The number of hydrogen-bond acceptors (Lipinski definition) is 3. The molecule has 1 unspecified atom stereocenters. The molecule has 4 nitrogen and oxygen atoms in total. The fourth-order valence-corrected chi connectivity index (χ4v) is 3.47. The molecule has 3 rings (SSSR count). The van der Waals surface area contributed by atoms with Crippen LogP contribution in [0.25, 0.3) is 11.0 Å². The van der Waals surface area contributed by atoms with Crippen molar-refractivity contribution in [1.82, 2.24) is 4.90 Å². The second kappa shape index (κ2) is 7.84. The molecule has 0 saturated carbocycles. The van der Waals surface area contributed by atoms with Crippen LogP contribution in [0.2, 0.25) is 0 Å². The predicted molar refractivity (Wildman–Crippen MR) is 93.6 cm³/mol. The van der Waals surface area contributed by atoms with E-state index < -0.39 is 5.97 Å². The number of benzene rings is 1. The van der Waals surface area contributed by atoms with Crippen molar-refractivity contribution in [3.63, 3.8) is 0 Å². The van der Waals surface area contributed by atoms with Crippen molar-refractivity contribution >= 4 is 29.3 Å². The fourth-order valence-electron chi connectivity index (χ4n) is 3.47. The number of furan rings is 1. The van der Waals surface area contributed by atoms with Crippen molar-refractivity contribution in [2.45, 2.75) is 45.1 Å². The van der Waals surface area contributed by atoms with Gasteiger partial charge in [0.05, 0.1) is 0 Å². The second-order valence-corrected chi connectivity index (χ2v) is 6.20. The second-order valence-electron chi connectivity index (χ2n) is 6.20. The molecular weight excluding hydrogens is 314 g/mol. The molecule has 126 valence electrons. The van der Waals surface area contributed by atoms with Crippen LogP contribution < -0.4 is 0 Å². The third-order valence-corrected chi connectivity index (χ3v) is 4.71. The summed E-state index contributed by atoms with van der Waals surface area (Å²) in [5.41, 5.74) is 1.51. The van der Waals surface area contributed by atoms with Gasteiger partial charge in [0.25, 0.3) is 0 Å². The molecule has 5 heteroatoms. The molecule has 0 radical (unpaired) electrons. The number of aromatic carboxylic acids is 1. The summed E-state index contributed by atoms with van der Waals surface area (Å²) in [5, 5.41) is 10.3. The number of nitrogens with zero attached hydrogens (tertiary/aromatic N) is 1. The first-order valence-corrected chi connectivity index (χ1v) is 8.14. The van der Waals surface area contributed by atoms with Crippen LogP contribution in [0, 0.1) is 0 Å². The van der Waals surface area contributed by atoms with Gasteiger partial charge in [0.15, 0.2) is 0 Å². The van der Waals surface area contributed by atoms with E-state index in [1.165, 1.54) is 25.8 Å². The molecule has 1 atom stereocenters. The minimum absolute atomic E-state index is 0. The zero-order chi connectivity index (χ0) is 15.5. The molecule has 1 saturated heterocycles. The molecule has 1 fully saturated rings.